The lowest BCUT2D eigenvalue weighted by molar-refractivity contribution is 0.299. The fourth-order valence-corrected chi connectivity index (χ4v) is 2.22. The third-order valence-electron chi connectivity index (χ3n) is 2.52. The van der Waals surface area contributed by atoms with Crippen LogP contribution in [0.1, 0.15) is 25.8 Å². The van der Waals surface area contributed by atoms with Gasteiger partial charge in [-0.05, 0) is 47.1 Å². The molecule has 0 spiro atoms. The van der Waals surface area contributed by atoms with Crippen molar-refractivity contribution in [3.8, 4) is 23.3 Å². The van der Waals surface area contributed by atoms with Crippen molar-refractivity contribution >= 4 is 15.9 Å². The first-order valence-electron chi connectivity index (χ1n) is 6.32. The summed E-state index contributed by atoms with van der Waals surface area (Å²) < 4.78 is 12.0. The minimum absolute atomic E-state index is 0.558. The fourth-order valence-electron chi connectivity index (χ4n) is 1.61. The van der Waals surface area contributed by atoms with E-state index in [1.165, 1.54) is 0 Å². The van der Waals surface area contributed by atoms with Gasteiger partial charge in [0.25, 0.3) is 0 Å². The van der Waals surface area contributed by atoms with E-state index in [4.69, 9.17) is 9.47 Å². The van der Waals surface area contributed by atoms with E-state index < -0.39 is 0 Å². The lowest BCUT2D eigenvalue weighted by atomic mass is 10.2. The van der Waals surface area contributed by atoms with Crippen molar-refractivity contribution in [3.63, 3.8) is 0 Å². The molecule has 104 valence electrons. The second-order valence-electron chi connectivity index (χ2n) is 3.91. The third-order valence-corrected chi connectivity index (χ3v) is 3.11. The Morgan fingerprint density at radius 1 is 1.37 bits per heavy atom. The Kier molecular flexibility index (Phi) is 7.39. The molecule has 0 amide bonds. The third kappa shape index (κ3) is 5.14. The van der Waals surface area contributed by atoms with E-state index in [-0.39, 0.29) is 0 Å². The molecule has 0 bridgehead atoms. The average molecular weight is 326 g/mol. The first-order valence-corrected chi connectivity index (χ1v) is 7.11. The molecule has 0 aliphatic rings. The van der Waals surface area contributed by atoms with Crippen LogP contribution in [0.5, 0.6) is 11.5 Å². The smallest absolute Gasteiger partial charge is 0.175 e. The van der Waals surface area contributed by atoms with Crippen LogP contribution in [-0.2, 0) is 6.54 Å². The maximum Gasteiger partial charge on any atom is 0.175 e. The standard InChI is InChI=1S/C15H20BrNO2/c1-4-6-7-8-19-15-13(16)9-12(11-17-5-2)10-14(15)18-3/h9-10,17H,5,7-8,11H2,1-3H3. The number of methoxy groups -OCH3 is 1. The molecule has 0 saturated carbocycles. The molecule has 19 heavy (non-hydrogen) atoms. The predicted octanol–water partition coefficient (Wildman–Crippen LogP) is 3.36. The van der Waals surface area contributed by atoms with Crippen molar-refractivity contribution in [2.45, 2.75) is 26.8 Å². The quantitative estimate of drug-likeness (QED) is 0.616. The summed E-state index contributed by atoms with van der Waals surface area (Å²) in [4.78, 5) is 0. The zero-order valence-electron chi connectivity index (χ0n) is 11.7. The summed E-state index contributed by atoms with van der Waals surface area (Å²) in [5.74, 6) is 7.30. The molecule has 1 rings (SSSR count). The Morgan fingerprint density at radius 3 is 2.79 bits per heavy atom. The summed E-state index contributed by atoms with van der Waals surface area (Å²) in [7, 11) is 1.65. The highest BCUT2D eigenvalue weighted by Gasteiger charge is 2.11. The zero-order valence-corrected chi connectivity index (χ0v) is 13.3. The number of rotatable bonds is 7. The van der Waals surface area contributed by atoms with Crippen LogP contribution < -0.4 is 14.8 Å². The van der Waals surface area contributed by atoms with E-state index in [9.17, 15) is 0 Å². The number of benzene rings is 1. The topological polar surface area (TPSA) is 30.5 Å². The minimum Gasteiger partial charge on any atom is -0.493 e. The van der Waals surface area contributed by atoms with Crippen LogP contribution >= 0.6 is 15.9 Å². The molecule has 1 aromatic rings. The van der Waals surface area contributed by atoms with Gasteiger partial charge >= 0.3 is 0 Å². The highest BCUT2D eigenvalue weighted by Crippen LogP contribution is 2.36. The van der Waals surface area contributed by atoms with Gasteiger partial charge in [0.2, 0.25) is 0 Å². The molecule has 0 saturated heterocycles. The Bertz CT molecular complexity index is 463. The van der Waals surface area contributed by atoms with Gasteiger partial charge in [0.1, 0.15) is 0 Å². The molecule has 0 unspecified atom stereocenters. The normalized spacial score (nSPS) is 9.68. The maximum absolute atomic E-state index is 5.73. The first kappa shape index (κ1) is 15.9. The van der Waals surface area contributed by atoms with E-state index in [1.807, 2.05) is 19.1 Å². The van der Waals surface area contributed by atoms with E-state index >= 15 is 0 Å². The molecular formula is C15H20BrNO2. The molecule has 3 nitrogen and oxygen atoms in total. The zero-order chi connectivity index (χ0) is 14.1. The van der Waals surface area contributed by atoms with E-state index in [2.05, 4.69) is 40.0 Å². The van der Waals surface area contributed by atoms with E-state index in [0.29, 0.717) is 13.0 Å². The van der Waals surface area contributed by atoms with Crippen LogP contribution in [0.3, 0.4) is 0 Å². The lowest BCUT2D eigenvalue weighted by Gasteiger charge is -2.14. The lowest BCUT2D eigenvalue weighted by Crippen LogP contribution is -2.12. The molecule has 0 radical (unpaired) electrons. The Labute approximate surface area is 123 Å². The van der Waals surface area contributed by atoms with E-state index in [1.54, 1.807) is 7.11 Å². The molecule has 0 aliphatic heterocycles. The predicted molar refractivity (Wildman–Crippen MR) is 81.6 cm³/mol. The molecule has 0 atom stereocenters. The van der Waals surface area contributed by atoms with E-state index in [0.717, 1.165) is 34.6 Å². The number of halogens is 1. The first-order chi connectivity index (χ1) is 9.22. The summed E-state index contributed by atoms with van der Waals surface area (Å²) in [6.07, 6.45) is 0.714. The number of ether oxygens (including phenoxy) is 2. The largest absolute Gasteiger partial charge is 0.493 e. The van der Waals surface area contributed by atoms with Gasteiger partial charge in [0, 0.05) is 13.0 Å². The van der Waals surface area contributed by atoms with Gasteiger partial charge in [-0.2, -0.15) is 0 Å². The van der Waals surface area contributed by atoms with Gasteiger partial charge in [-0.25, -0.2) is 0 Å². The van der Waals surface area contributed by atoms with Crippen molar-refractivity contribution in [1.82, 2.24) is 5.32 Å². The monoisotopic (exact) mass is 325 g/mol. The molecule has 4 heteroatoms. The van der Waals surface area contributed by atoms with Gasteiger partial charge in [0.05, 0.1) is 18.2 Å². The Balaban J connectivity index is 2.81. The Morgan fingerprint density at radius 2 is 2.16 bits per heavy atom. The maximum atomic E-state index is 5.73. The molecule has 0 fully saturated rings. The van der Waals surface area contributed by atoms with Gasteiger partial charge in [-0.1, -0.05) is 6.92 Å². The van der Waals surface area contributed by atoms with Gasteiger partial charge in [-0.3, -0.25) is 0 Å². The SMILES string of the molecule is CC#CCCOc1c(Br)cc(CNCC)cc1OC. The fraction of sp³-hybridized carbons (Fsp3) is 0.467. The van der Waals surface area contributed by atoms with Crippen LogP contribution in [-0.4, -0.2) is 20.3 Å². The van der Waals surface area contributed by atoms with Gasteiger partial charge in [-0.15, -0.1) is 11.8 Å². The van der Waals surface area contributed by atoms with Crippen LogP contribution in [0.15, 0.2) is 16.6 Å². The number of hydrogen-bond donors (Lipinski definition) is 1. The summed E-state index contributed by atoms with van der Waals surface area (Å²) in [5, 5.41) is 3.29. The van der Waals surface area contributed by atoms with Crippen LogP contribution in [0.4, 0.5) is 0 Å². The molecule has 1 N–H and O–H groups in total. The van der Waals surface area contributed by atoms with Crippen molar-refractivity contribution in [2.75, 3.05) is 20.3 Å². The van der Waals surface area contributed by atoms with Crippen molar-refractivity contribution in [2.24, 2.45) is 0 Å². The van der Waals surface area contributed by atoms with Crippen LogP contribution in [0.2, 0.25) is 0 Å². The minimum atomic E-state index is 0.558. The van der Waals surface area contributed by atoms with Gasteiger partial charge in [0.15, 0.2) is 11.5 Å². The summed E-state index contributed by atoms with van der Waals surface area (Å²) >= 11 is 3.53. The average Bonchev–Trinajstić information content (AvgIpc) is 2.42. The Hall–Kier alpha value is -1.18. The second-order valence-corrected chi connectivity index (χ2v) is 4.77. The van der Waals surface area contributed by atoms with Crippen molar-refractivity contribution in [3.05, 3.63) is 22.2 Å². The summed E-state index contributed by atoms with van der Waals surface area (Å²) in [6.45, 7) is 6.22. The molecular weight excluding hydrogens is 306 g/mol. The second kappa shape index (κ2) is 8.84. The summed E-state index contributed by atoms with van der Waals surface area (Å²) in [6, 6.07) is 4.04. The van der Waals surface area contributed by atoms with Crippen LogP contribution in [0.25, 0.3) is 0 Å². The van der Waals surface area contributed by atoms with Crippen LogP contribution in [0, 0.1) is 11.8 Å². The molecule has 0 aromatic heterocycles. The number of hydrogen-bond acceptors (Lipinski definition) is 3. The highest BCUT2D eigenvalue weighted by molar-refractivity contribution is 9.10. The summed E-state index contributed by atoms with van der Waals surface area (Å²) in [5.41, 5.74) is 1.16. The molecule has 0 heterocycles. The highest BCUT2D eigenvalue weighted by atomic mass is 79.9. The van der Waals surface area contributed by atoms with Crippen molar-refractivity contribution in [1.29, 1.82) is 0 Å². The number of nitrogens with one attached hydrogen (secondary N) is 1. The van der Waals surface area contributed by atoms with Gasteiger partial charge < -0.3 is 14.8 Å². The molecule has 1 aromatic carbocycles. The molecule has 0 aliphatic carbocycles. The van der Waals surface area contributed by atoms with Crippen molar-refractivity contribution < 1.29 is 9.47 Å².